The van der Waals surface area contributed by atoms with Crippen LogP contribution in [0.2, 0.25) is 0 Å². The second-order valence-electron chi connectivity index (χ2n) is 5.77. The van der Waals surface area contributed by atoms with E-state index in [4.69, 9.17) is 4.74 Å². The number of nitrogens with zero attached hydrogens (tertiary/aromatic N) is 1. The average Bonchev–Trinajstić information content (AvgIpc) is 2.14. The second-order valence-corrected chi connectivity index (χ2v) is 5.77. The van der Waals surface area contributed by atoms with Crippen LogP contribution in [0.1, 0.15) is 47.5 Å². The van der Waals surface area contributed by atoms with Crippen molar-refractivity contribution in [2.45, 2.75) is 59.1 Å². The van der Waals surface area contributed by atoms with Gasteiger partial charge in [-0.1, -0.05) is 0 Å². The largest absolute Gasteiger partial charge is 0.444 e. The quantitative estimate of drug-likeness (QED) is 0.709. The number of Topliss-reactive ketones (excluding diaryl/α,β-unsaturated/α-hetero) is 1. The molecule has 1 aliphatic rings. The lowest BCUT2D eigenvalue weighted by Gasteiger charge is -2.38. The minimum absolute atomic E-state index is 0.0451. The Labute approximate surface area is 103 Å². The summed E-state index contributed by atoms with van der Waals surface area (Å²) >= 11 is 0. The van der Waals surface area contributed by atoms with E-state index in [0.29, 0.717) is 6.54 Å². The van der Waals surface area contributed by atoms with Gasteiger partial charge >= 0.3 is 6.09 Å². The normalized spacial score (nSPS) is 25.6. The number of ether oxygens (including phenoxy) is 1. The molecule has 0 saturated carbocycles. The van der Waals surface area contributed by atoms with Crippen LogP contribution >= 0.6 is 0 Å². The van der Waals surface area contributed by atoms with Gasteiger partial charge in [-0.3, -0.25) is 4.79 Å². The number of hydrogen-bond acceptors (Lipinski definition) is 3. The molecule has 0 aromatic rings. The van der Waals surface area contributed by atoms with Gasteiger partial charge in [-0.2, -0.15) is 0 Å². The van der Waals surface area contributed by atoms with E-state index in [1.807, 2.05) is 27.7 Å². The molecule has 0 aromatic heterocycles. The maximum absolute atomic E-state index is 12.0. The lowest BCUT2D eigenvalue weighted by atomic mass is 9.87. The first-order valence-electron chi connectivity index (χ1n) is 6.22. The predicted molar refractivity (Wildman–Crippen MR) is 65.8 cm³/mol. The molecule has 1 heterocycles. The Morgan fingerprint density at radius 3 is 2.35 bits per heavy atom. The maximum atomic E-state index is 12.0. The molecule has 4 heteroatoms. The number of carbonyl (C=O) groups is 2. The van der Waals surface area contributed by atoms with Crippen molar-refractivity contribution in [3.05, 3.63) is 0 Å². The van der Waals surface area contributed by atoms with E-state index in [0.717, 1.165) is 12.8 Å². The molecule has 0 radical (unpaired) electrons. The number of amides is 1. The number of ketones is 1. The van der Waals surface area contributed by atoms with Crippen LogP contribution in [0, 0.1) is 5.92 Å². The third kappa shape index (κ3) is 3.72. The van der Waals surface area contributed by atoms with Crippen LogP contribution < -0.4 is 0 Å². The zero-order chi connectivity index (χ0) is 13.2. The summed E-state index contributed by atoms with van der Waals surface area (Å²) in [6, 6.07) is -0.0592. The lowest BCUT2D eigenvalue weighted by Crippen LogP contribution is -2.50. The van der Waals surface area contributed by atoms with Gasteiger partial charge in [-0.25, -0.2) is 4.79 Å². The molecule has 0 spiro atoms. The molecule has 98 valence electrons. The molecular weight excluding hydrogens is 218 g/mol. The minimum atomic E-state index is -0.486. The van der Waals surface area contributed by atoms with E-state index >= 15 is 0 Å². The molecular formula is C13H23NO3. The molecule has 1 amide bonds. The van der Waals surface area contributed by atoms with E-state index in [1.165, 1.54) is 0 Å². The third-order valence-electron chi connectivity index (χ3n) is 3.14. The number of likely N-dealkylation sites (tertiary alicyclic amines) is 1. The molecule has 17 heavy (non-hydrogen) atoms. The summed E-state index contributed by atoms with van der Waals surface area (Å²) in [7, 11) is 0. The van der Waals surface area contributed by atoms with Crippen molar-refractivity contribution in [1.82, 2.24) is 4.90 Å². The summed E-state index contributed by atoms with van der Waals surface area (Å²) in [5.74, 6) is 0.113. The average molecular weight is 241 g/mol. The van der Waals surface area contributed by atoms with Crippen LogP contribution in [-0.4, -0.2) is 35.0 Å². The van der Waals surface area contributed by atoms with Crippen molar-refractivity contribution in [2.75, 3.05) is 6.54 Å². The Bertz CT molecular complexity index is 306. The fraction of sp³-hybridized carbons (Fsp3) is 0.846. The summed E-state index contributed by atoms with van der Waals surface area (Å²) in [4.78, 5) is 25.1. The Hall–Kier alpha value is -1.06. The van der Waals surface area contributed by atoms with Gasteiger partial charge in [0, 0.05) is 18.5 Å². The minimum Gasteiger partial charge on any atom is -0.444 e. The summed E-state index contributed by atoms with van der Waals surface area (Å²) < 4.78 is 5.35. The Balaban J connectivity index is 2.70. The lowest BCUT2D eigenvalue weighted by molar-refractivity contribution is -0.123. The van der Waals surface area contributed by atoms with Gasteiger partial charge in [-0.15, -0.1) is 0 Å². The van der Waals surface area contributed by atoms with E-state index in [2.05, 4.69) is 0 Å². The first kappa shape index (κ1) is 14.0. The molecule has 1 fully saturated rings. The predicted octanol–water partition coefficient (Wildman–Crippen LogP) is 2.61. The molecule has 0 aliphatic carbocycles. The number of piperidine rings is 1. The van der Waals surface area contributed by atoms with Gasteiger partial charge in [0.1, 0.15) is 11.4 Å². The molecule has 1 rings (SSSR count). The zero-order valence-corrected chi connectivity index (χ0v) is 11.4. The third-order valence-corrected chi connectivity index (χ3v) is 3.14. The number of hydrogen-bond donors (Lipinski definition) is 0. The Morgan fingerprint density at radius 2 is 1.88 bits per heavy atom. The summed E-state index contributed by atoms with van der Waals surface area (Å²) in [6.45, 7) is 9.75. The number of rotatable bonds is 1. The fourth-order valence-corrected chi connectivity index (χ4v) is 2.26. The van der Waals surface area contributed by atoms with Crippen LogP contribution in [0.15, 0.2) is 0 Å². The highest BCUT2D eigenvalue weighted by Crippen LogP contribution is 2.25. The molecule has 4 nitrogen and oxygen atoms in total. The maximum Gasteiger partial charge on any atom is 0.410 e. The van der Waals surface area contributed by atoms with Gasteiger partial charge in [0.25, 0.3) is 0 Å². The van der Waals surface area contributed by atoms with Crippen LogP contribution in [0.4, 0.5) is 4.79 Å². The number of carbonyl (C=O) groups excluding carboxylic acids is 2. The van der Waals surface area contributed by atoms with Gasteiger partial charge in [0.15, 0.2) is 0 Å². The van der Waals surface area contributed by atoms with E-state index < -0.39 is 5.60 Å². The monoisotopic (exact) mass is 241 g/mol. The van der Waals surface area contributed by atoms with Gasteiger partial charge < -0.3 is 9.64 Å². The standard InChI is InChI=1S/C13H23NO3/c1-9-11(10(2)15)7-6-8-14(9)12(16)17-13(3,4)5/h9,11H,6-8H2,1-5H3/t9-,11-/m0/s1. The van der Waals surface area contributed by atoms with Crippen molar-refractivity contribution in [3.8, 4) is 0 Å². The van der Waals surface area contributed by atoms with E-state index in [1.54, 1.807) is 11.8 Å². The molecule has 0 aromatic carbocycles. The van der Waals surface area contributed by atoms with Gasteiger partial charge in [0.05, 0.1) is 0 Å². The second kappa shape index (κ2) is 5.07. The topological polar surface area (TPSA) is 46.6 Å². The first-order chi connectivity index (χ1) is 7.72. The van der Waals surface area contributed by atoms with Crippen LogP contribution in [0.5, 0.6) is 0 Å². The van der Waals surface area contributed by atoms with Crippen molar-refractivity contribution < 1.29 is 14.3 Å². The Morgan fingerprint density at radius 1 is 1.29 bits per heavy atom. The molecule has 1 saturated heterocycles. The van der Waals surface area contributed by atoms with Crippen LogP contribution in [-0.2, 0) is 9.53 Å². The highest BCUT2D eigenvalue weighted by atomic mass is 16.6. The highest BCUT2D eigenvalue weighted by molar-refractivity contribution is 5.80. The van der Waals surface area contributed by atoms with E-state index in [9.17, 15) is 9.59 Å². The highest BCUT2D eigenvalue weighted by Gasteiger charge is 2.35. The Kier molecular flexibility index (Phi) is 4.17. The molecule has 0 N–H and O–H groups in total. The summed E-state index contributed by atoms with van der Waals surface area (Å²) in [6.07, 6.45) is 1.43. The molecule has 2 atom stereocenters. The molecule has 1 aliphatic heterocycles. The van der Waals surface area contributed by atoms with Crippen LogP contribution in [0.3, 0.4) is 0 Å². The van der Waals surface area contributed by atoms with Crippen LogP contribution in [0.25, 0.3) is 0 Å². The zero-order valence-electron chi connectivity index (χ0n) is 11.4. The van der Waals surface area contributed by atoms with Crippen molar-refractivity contribution in [2.24, 2.45) is 5.92 Å². The van der Waals surface area contributed by atoms with Crippen molar-refractivity contribution in [3.63, 3.8) is 0 Å². The van der Waals surface area contributed by atoms with Gasteiger partial charge in [-0.05, 0) is 47.5 Å². The summed E-state index contributed by atoms with van der Waals surface area (Å²) in [5, 5.41) is 0. The first-order valence-corrected chi connectivity index (χ1v) is 6.22. The molecule has 0 bridgehead atoms. The van der Waals surface area contributed by atoms with Crippen molar-refractivity contribution >= 4 is 11.9 Å². The van der Waals surface area contributed by atoms with E-state index in [-0.39, 0.29) is 23.8 Å². The fourth-order valence-electron chi connectivity index (χ4n) is 2.26. The van der Waals surface area contributed by atoms with Gasteiger partial charge in [0.2, 0.25) is 0 Å². The smallest absolute Gasteiger partial charge is 0.410 e. The molecule has 0 unspecified atom stereocenters. The summed E-state index contributed by atoms with van der Waals surface area (Å²) in [5.41, 5.74) is -0.486. The SMILES string of the molecule is CC(=O)[C@H]1CCCN(C(=O)OC(C)(C)C)[C@H]1C. The van der Waals surface area contributed by atoms with Crippen molar-refractivity contribution in [1.29, 1.82) is 0 Å².